The summed E-state index contributed by atoms with van der Waals surface area (Å²) in [6.45, 7) is 1.33. The van der Waals surface area contributed by atoms with Gasteiger partial charge in [0.15, 0.2) is 0 Å². The number of imide groups is 1. The van der Waals surface area contributed by atoms with Crippen LogP contribution in [0.3, 0.4) is 0 Å². The van der Waals surface area contributed by atoms with Crippen LogP contribution >= 0.6 is 0 Å². The fraction of sp³-hybridized carbons (Fsp3) is 0.750. The van der Waals surface area contributed by atoms with E-state index in [9.17, 15) is 14.4 Å². The molecular formula is C12H18N2O4. The molecule has 1 heterocycles. The van der Waals surface area contributed by atoms with Crippen molar-refractivity contribution in [2.75, 3.05) is 27.2 Å². The van der Waals surface area contributed by atoms with Crippen LogP contribution in [-0.4, -0.2) is 49.9 Å². The van der Waals surface area contributed by atoms with Gasteiger partial charge >= 0.3 is 5.97 Å². The molecular weight excluding hydrogens is 236 g/mol. The number of esters is 1. The van der Waals surface area contributed by atoms with E-state index in [1.54, 1.807) is 0 Å². The largest absolute Gasteiger partial charge is 0.469 e. The predicted octanol–water partition coefficient (Wildman–Crippen LogP) is -0.610. The van der Waals surface area contributed by atoms with Gasteiger partial charge in [-0.3, -0.25) is 19.3 Å². The molecule has 1 aliphatic heterocycles. The van der Waals surface area contributed by atoms with Crippen molar-refractivity contribution in [3.05, 3.63) is 0 Å². The summed E-state index contributed by atoms with van der Waals surface area (Å²) >= 11 is 0. The zero-order valence-electron chi connectivity index (χ0n) is 10.6. The van der Waals surface area contributed by atoms with Crippen molar-refractivity contribution in [3.8, 4) is 0 Å². The summed E-state index contributed by atoms with van der Waals surface area (Å²) in [4.78, 5) is 36.5. The number of piperidine rings is 1. The number of ether oxygens (including phenoxy) is 1. The number of unbranched alkanes of at least 4 members (excludes halogenated alkanes) is 1. The van der Waals surface area contributed by atoms with Crippen LogP contribution in [0.2, 0.25) is 0 Å². The number of carbonyl (C=O) groups is 3. The van der Waals surface area contributed by atoms with E-state index in [-0.39, 0.29) is 11.8 Å². The molecule has 2 aliphatic rings. The van der Waals surface area contributed by atoms with E-state index in [0.717, 1.165) is 19.4 Å². The second kappa shape index (κ2) is 5.06. The lowest BCUT2D eigenvalue weighted by Gasteiger charge is -2.17. The van der Waals surface area contributed by atoms with Gasteiger partial charge in [-0.25, -0.2) is 0 Å². The molecule has 2 unspecified atom stereocenters. The zero-order chi connectivity index (χ0) is 13.3. The number of rotatable bonds is 6. The van der Waals surface area contributed by atoms with Gasteiger partial charge in [0.05, 0.1) is 24.9 Å². The summed E-state index contributed by atoms with van der Waals surface area (Å²) in [5.74, 6) is -2.27. The van der Waals surface area contributed by atoms with Gasteiger partial charge in [-0.15, -0.1) is 0 Å². The van der Waals surface area contributed by atoms with Gasteiger partial charge in [-0.1, -0.05) is 0 Å². The number of methoxy groups -OCH3 is 1. The molecule has 0 spiro atoms. The van der Waals surface area contributed by atoms with Crippen LogP contribution < -0.4 is 5.32 Å². The topological polar surface area (TPSA) is 75.7 Å². The monoisotopic (exact) mass is 254 g/mol. The van der Waals surface area contributed by atoms with Crippen molar-refractivity contribution in [3.63, 3.8) is 0 Å². The maximum Gasteiger partial charge on any atom is 0.310 e. The first-order chi connectivity index (χ1) is 8.63. The highest BCUT2D eigenvalue weighted by atomic mass is 16.5. The number of nitrogens with zero attached hydrogens (tertiary/aromatic N) is 1. The van der Waals surface area contributed by atoms with Crippen LogP contribution in [0.4, 0.5) is 0 Å². The van der Waals surface area contributed by atoms with Crippen LogP contribution in [0.5, 0.6) is 0 Å². The Hall–Kier alpha value is -1.43. The Labute approximate surface area is 106 Å². The van der Waals surface area contributed by atoms with Crippen LogP contribution in [0.15, 0.2) is 0 Å². The third kappa shape index (κ3) is 2.01. The van der Waals surface area contributed by atoms with Crippen LogP contribution in [0.1, 0.15) is 12.8 Å². The second-order valence-corrected chi connectivity index (χ2v) is 4.74. The molecule has 1 aliphatic carbocycles. The van der Waals surface area contributed by atoms with Crippen molar-refractivity contribution in [2.45, 2.75) is 12.8 Å². The van der Waals surface area contributed by atoms with E-state index in [1.807, 2.05) is 7.05 Å². The van der Waals surface area contributed by atoms with Crippen molar-refractivity contribution < 1.29 is 19.1 Å². The molecule has 0 aromatic rings. The van der Waals surface area contributed by atoms with Gasteiger partial charge in [0.2, 0.25) is 11.8 Å². The third-order valence-electron chi connectivity index (χ3n) is 3.65. The van der Waals surface area contributed by atoms with E-state index < -0.39 is 23.7 Å². The number of nitrogens with one attached hydrogen (secondary N) is 1. The van der Waals surface area contributed by atoms with E-state index in [0.29, 0.717) is 6.54 Å². The Morgan fingerprint density at radius 1 is 1.28 bits per heavy atom. The number of fused-ring (bicyclic) bond motifs is 1. The van der Waals surface area contributed by atoms with Gasteiger partial charge in [0.1, 0.15) is 0 Å². The number of hydrogen-bond acceptors (Lipinski definition) is 5. The first-order valence-corrected chi connectivity index (χ1v) is 6.21. The molecule has 6 heteroatoms. The number of likely N-dealkylation sites (tertiary alicyclic amines) is 1. The van der Waals surface area contributed by atoms with Crippen LogP contribution in [0, 0.1) is 17.8 Å². The summed E-state index contributed by atoms with van der Waals surface area (Å²) in [6.07, 6.45) is 1.71. The summed E-state index contributed by atoms with van der Waals surface area (Å²) < 4.78 is 4.59. The highest BCUT2D eigenvalue weighted by Gasteiger charge is 2.70. The fourth-order valence-electron chi connectivity index (χ4n) is 2.62. The number of carbonyl (C=O) groups excluding carboxylic acids is 3. The predicted molar refractivity (Wildman–Crippen MR) is 62.4 cm³/mol. The van der Waals surface area contributed by atoms with Crippen molar-refractivity contribution >= 4 is 17.8 Å². The molecule has 18 heavy (non-hydrogen) atoms. The average Bonchev–Trinajstić information content (AvgIpc) is 3.06. The molecule has 0 bridgehead atoms. The molecule has 0 aromatic carbocycles. The lowest BCUT2D eigenvalue weighted by Crippen LogP contribution is -2.36. The molecule has 1 saturated heterocycles. The van der Waals surface area contributed by atoms with Crippen molar-refractivity contribution in [2.24, 2.45) is 17.8 Å². The van der Waals surface area contributed by atoms with E-state index in [2.05, 4.69) is 10.1 Å². The van der Waals surface area contributed by atoms with Crippen LogP contribution in [0.25, 0.3) is 0 Å². The Bertz CT molecular complexity index is 360. The smallest absolute Gasteiger partial charge is 0.310 e. The molecule has 2 fully saturated rings. The first-order valence-electron chi connectivity index (χ1n) is 6.21. The third-order valence-corrected chi connectivity index (χ3v) is 3.65. The molecule has 0 radical (unpaired) electrons. The Morgan fingerprint density at radius 2 is 1.89 bits per heavy atom. The average molecular weight is 254 g/mol. The molecule has 0 aromatic heterocycles. The highest BCUT2D eigenvalue weighted by Crippen LogP contribution is 2.53. The first kappa shape index (κ1) is 13.0. The highest BCUT2D eigenvalue weighted by molar-refractivity contribution is 6.13. The quantitative estimate of drug-likeness (QED) is 0.389. The minimum Gasteiger partial charge on any atom is -0.469 e. The maximum atomic E-state index is 11.9. The molecule has 100 valence electrons. The van der Waals surface area contributed by atoms with E-state index in [1.165, 1.54) is 12.0 Å². The summed E-state index contributed by atoms with van der Waals surface area (Å²) in [6, 6.07) is 0. The van der Waals surface area contributed by atoms with Gasteiger partial charge in [0, 0.05) is 6.54 Å². The second-order valence-electron chi connectivity index (χ2n) is 4.74. The summed E-state index contributed by atoms with van der Waals surface area (Å²) in [5, 5.41) is 3.01. The molecule has 1 N–H and O–H groups in total. The number of hydrogen-bond donors (Lipinski definition) is 1. The molecule has 2 amide bonds. The zero-order valence-corrected chi connectivity index (χ0v) is 10.6. The summed E-state index contributed by atoms with van der Waals surface area (Å²) in [5.41, 5.74) is 0. The Morgan fingerprint density at radius 3 is 2.39 bits per heavy atom. The summed E-state index contributed by atoms with van der Waals surface area (Å²) in [7, 11) is 3.14. The van der Waals surface area contributed by atoms with Crippen molar-refractivity contribution in [1.29, 1.82) is 0 Å². The molecule has 2 rings (SSSR count). The molecule has 6 nitrogen and oxygen atoms in total. The minimum atomic E-state index is -0.524. The molecule has 1 saturated carbocycles. The molecule has 2 atom stereocenters. The standard InChI is InChI=1S/C12H18N2O4/c1-13-5-3-4-6-14-10(15)7-8(11(14)16)9(7)12(17)18-2/h7-9,13H,3-6H2,1-2H3. The van der Waals surface area contributed by atoms with E-state index in [4.69, 9.17) is 0 Å². The maximum absolute atomic E-state index is 11.9. The SMILES string of the molecule is CNCCCCN1C(=O)C2C(C(=O)OC)C2C1=O. The number of amides is 2. The van der Waals surface area contributed by atoms with Crippen LogP contribution in [-0.2, 0) is 19.1 Å². The normalized spacial score (nSPS) is 29.4. The Balaban J connectivity index is 1.86. The lowest BCUT2D eigenvalue weighted by atomic mass is 10.2. The lowest BCUT2D eigenvalue weighted by molar-refractivity contribution is -0.150. The van der Waals surface area contributed by atoms with Gasteiger partial charge in [-0.2, -0.15) is 0 Å². The van der Waals surface area contributed by atoms with Gasteiger partial charge in [0.25, 0.3) is 0 Å². The van der Waals surface area contributed by atoms with Gasteiger partial charge in [-0.05, 0) is 26.4 Å². The Kier molecular flexibility index (Phi) is 3.65. The van der Waals surface area contributed by atoms with Crippen molar-refractivity contribution in [1.82, 2.24) is 10.2 Å². The van der Waals surface area contributed by atoms with E-state index >= 15 is 0 Å². The fourth-order valence-corrected chi connectivity index (χ4v) is 2.62. The minimum absolute atomic E-state index is 0.204. The van der Waals surface area contributed by atoms with Gasteiger partial charge < -0.3 is 10.1 Å².